The smallest absolute Gasteiger partial charge is 0.345 e. The van der Waals surface area contributed by atoms with Crippen LogP contribution >= 0.6 is 0 Å². The molecule has 8 heteroatoms. The maximum Gasteiger partial charge on any atom is 0.345 e. The number of aryl methyl sites for hydroxylation is 3. The van der Waals surface area contributed by atoms with Crippen LogP contribution in [0.2, 0.25) is 0 Å². The van der Waals surface area contributed by atoms with Crippen LogP contribution in [-0.4, -0.2) is 25.2 Å². The predicted octanol–water partition coefficient (Wildman–Crippen LogP) is -0.0930. The van der Waals surface area contributed by atoms with Crippen LogP contribution in [0.4, 0.5) is 6.01 Å². The van der Waals surface area contributed by atoms with Gasteiger partial charge in [-0.15, -0.1) is 0 Å². The van der Waals surface area contributed by atoms with Crippen molar-refractivity contribution < 1.29 is 9.21 Å². The molecule has 0 spiro atoms. The molecule has 0 unspecified atom stereocenters. The molecule has 2 heterocycles. The van der Waals surface area contributed by atoms with Crippen molar-refractivity contribution in [1.82, 2.24) is 19.3 Å². The molecule has 1 N–H and O–H groups in total. The zero-order valence-electron chi connectivity index (χ0n) is 10.1. The van der Waals surface area contributed by atoms with E-state index in [-0.39, 0.29) is 30.6 Å². The van der Waals surface area contributed by atoms with E-state index >= 15 is 0 Å². The average molecular weight is 251 g/mol. The Morgan fingerprint density at radius 2 is 2.33 bits per heavy atom. The van der Waals surface area contributed by atoms with Gasteiger partial charge in [0, 0.05) is 13.5 Å². The molecule has 2 aromatic heterocycles. The molecule has 0 atom stereocenters. The van der Waals surface area contributed by atoms with Crippen molar-refractivity contribution in [2.45, 2.75) is 19.9 Å². The Bertz CT molecular complexity index is 609. The first kappa shape index (κ1) is 12.1. The van der Waals surface area contributed by atoms with Gasteiger partial charge < -0.3 is 4.42 Å². The summed E-state index contributed by atoms with van der Waals surface area (Å²) in [7, 11) is 1.60. The van der Waals surface area contributed by atoms with Crippen LogP contribution in [0.3, 0.4) is 0 Å². The van der Waals surface area contributed by atoms with E-state index in [2.05, 4.69) is 15.4 Å². The van der Waals surface area contributed by atoms with Crippen LogP contribution in [0.1, 0.15) is 12.2 Å². The second kappa shape index (κ2) is 4.86. The lowest BCUT2D eigenvalue weighted by Gasteiger charge is -2.00. The van der Waals surface area contributed by atoms with Crippen molar-refractivity contribution in [3.63, 3.8) is 0 Å². The van der Waals surface area contributed by atoms with Crippen molar-refractivity contribution in [3.05, 3.63) is 28.8 Å². The van der Waals surface area contributed by atoms with E-state index in [1.807, 2.05) is 0 Å². The quantitative estimate of drug-likeness (QED) is 0.819. The number of hydrogen-bond donors (Lipinski definition) is 1. The summed E-state index contributed by atoms with van der Waals surface area (Å²) < 4.78 is 7.67. The Kier molecular flexibility index (Phi) is 3.26. The van der Waals surface area contributed by atoms with E-state index in [0.717, 1.165) is 0 Å². The van der Waals surface area contributed by atoms with Crippen LogP contribution in [0.25, 0.3) is 0 Å². The number of carbonyl (C=O) groups is 1. The number of nitrogens with zero attached hydrogens (tertiary/aromatic N) is 4. The van der Waals surface area contributed by atoms with E-state index in [4.69, 9.17) is 4.42 Å². The second-order valence-corrected chi connectivity index (χ2v) is 3.82. The Morgan fingerprint density at radius 1 is 1.56 bits per heavy atom. The van der Waals surface area contributed by atoms with Crippen LogP contribution in [0, 0.1) is 6.92 Å². The van der Waals surface area contributed by atoms with Gasteiger partial charge in [0.2, 0.25) is 5.91 Å². The molecule has 2 aromatic rings. The van der Waals surface area contributed by atoms with Crippen molar-refractivity contribution in [3.8, 4) is 0 Å². The van der Waals surface area contributed by atoms with Crippen LogP contribution in [0.15, 0.2) is 21.7 Å². The molecule has 0 saturated heterocycles. The van der Waals surface area contributed by atoms with Crippen LogP contribution in [0.5, 0.6) is 0 Å². The normalized spacial score (nSPS) is 10.6. The number of carbonyl (C=O) groups excluding carboxylic acids is 1. The number of amides is 1. The number of hydrogen-bond acceptors (Lipinski definition) is 5. The van der Waals surface area contributed by atoms with Gasteiger partial charge in [0.1, 0.15) is 12.1 Å². The van der Waals surface area contributed by atoms with E-state index in [0.29, 0.717) is 5.76 Å². The highest BCUT2D eigenvalue weighted by Gasteiger charge is 2.08. The molecule has 0 saturated carbocycles. The molecule has 0 aromatic carbocycles. The topological polar surface area (TPSA) is 95.0 Å². The fraction of sp³-hybridized carbons (Fsp3) is 0.400. The summed E-state index contributed by atoms with van der Waals surface area (Å²) in [6.07, 6.45) is 3.04. The summed E-state index contributed by atoms with van der Waals surface area (Å²) in [5, 5.41) is 6.34. The summed E-state index contributed by atoms with van der Waals surface area (Å²) in [6, 6.07) is 0.158. The maximum absolute atomic E-state index is 11.6. The lowest BCUT2D eigenvalue weighted by atomic mass is 10.4. The zero-order valence-corrected chi connectivity index (χ0v) is 10.1. The minimum absolute atomic E-state index is 0.123. The van der Waals surface area contributed by atoms with Gasteiger partial charge in [-0.2, -0.15) is 5.10 Å². The van der Waals surface area contributed by atoms with Crippen LogP contribution in [-0.2, 0) is 18.4 Å². The third-order valence-corrected chi connectivity index (χ3v) is 2.31. The number of oxazole rings is 1. The highest BCUT2D eigenvalue weighted by Crippen LogP contribution is 2.07. The Labute approximate surface area is 102 Å². The van der Waals surface area contributed by atoms with Gasteiger partial charge >= 0.3 is 11.7 Å². The predicted molar refractivity (Wildman–Crippen MR) is 62.0 cm³/mol. The van der Waals surface area contributed by atoms with Crippen LogP contribution < -0.4 is 11.0 Å². The Morgan fingerprint density at radius 3 is 2.89 bits per heavy atom. The lowest BCUT2D eigenvalue weighted by Crippen LogP contribution is -2.25. The van der Waals surface area contributed by atoms with E-state index in [1.165, 1.54) is 21.8 Å². The molecule has 0 aliphatic heterocycles. The molecule has 0 aliphatic rings. The van der Waals surface area contributed by atoms with Gasteiger partial charge in [-0.05, 0) is 6.92 Å². The standard InChI is InChI=1S/C10H13N5O3/c1-7-5-11-9(18-7)13-8(16)3-4-15-10(17)14(2)6-12-15/h5-6H,3-4H2,1-2H3,(H,11,13,16). The monoisotopic (exact) mass is 251 g/mol. The number of nitrogens with one attached hydrogen (secondary N) is 1. The van der Waals surface area contributed by atoms with Crippen molar-refractivity contribution in [2.75, 3.05) is 5.32 Å². The largest absolute Gasteiger partial charge is 0.429 e. The first-order chi connectivity index (χ1) is 8.56. The molecule has 18 heavy (non-hydrogen) atoms. The Hall–Kier alpha value is -2.38. The Balaban J connectivity index is 1.89. The highest BCUT2D eigenvalue weighted by molar-refractivity contribution is 5.88. The fourth-order valence-corrected chi connectivity index (χ4v) is 1.38. The first-order valence-corrected chi connectivity index (χ1v) is 5.37. The van der Waals surface area contributed by atoms with Gasteiger partial charge in [0.15, 0.2) is 0 Å². The van der Waals surface area contributed by atoms with Gasteiger partial charge in [0.05, 0.1) is 12.7 Å². The minimum atomic E-state index is -0.283. The minimum Gasteiger partial charge on any atom is -0.429 e. The average Bonchev–Trinajstić information content (AvgIpc) is 2.86. The molecular formula is C10H13N5O3. The van der Waals surface area contributed by atoms with Crippen molar-refractivity contribution in [2.24, 2.45) is 7.05 Å². The molecule has 96 valence electrons. The lowest BCUT2D eigenvalue weighted by molar-refractivity contribution is -0.116. The molecule has 0 fully saturated rings. The highest BCUT2D eigenvalue weighted by atomic mass is 16.4. The van der Waals surface area contributed by atoms with E-state index in [1.54, 1.807) is 14.0 Å². The summed E-state index contributed by atoms with van der Waals surface area (Å²) in [5.41, 5.74) is -0.255. The number of anilines is 1. The molecule has 8 nitrogen and oxygen atoms in total. The third kappa shape index (κ3) is 2.65. The molecular weight excluding hydrogens is 238 g/mol. The summed E-state index contributed by atoms with van der Waals surface area (Å²) >= 11 is 0. The van der Waals surface area contributed by atoms with Gasteiger partial charge in [-0.1, -0.05) is 0 Å². The van der Waals surface area contributed by atoms with Gasteiger partial charge in [-0.3, -0.25) is 14.7 Å². The summed E-state index contributed by atoms with van der Waals surface area (Å²) in [4.78, 5) is 26.8. The molecule has 2 rings (SSSR count). The van der Waals surface area contributed by atoms with E-state index < -0.39 is 0 Å². The molecule has 1 amide bonds. The number of aromatic nitrogens is 4. The van der Waals surface area contributed by atoms with Crippen molar-refractivity contribution >= 4 is 11.9 Å². The van der Waals surface area contributed by atoms with E-state index in [9.17, 15) is 9.59 Å². The first-order valence-electron chi connectivity index (χ1n) is 5.37. The fourth-order valence-electron chi connectivity index (χ4n) is 1.38. The third-order valence-electron chi connectivity index (χ3n) is 2.31. The SMILES string of the molecule is Cc1cnc(NC(=O)CCn2ncn(C)c2=O)o1. The summed E-state index contributed by atoms with van der Waals surface area (Å²) in [6.45, 7) is 1.95. The number of rotatable bonds is 4. The zero-order chi connectivity index (χ0) is 13.1. The molecule has 0 aliphatic carbocycles. The maximum atomic E-state index is 11.6. The molecule has 0 bridgehead atoms. The second-order valence-electron chi connectivity index (χ2n) is 3.82. The van der Waals surface area contributed by atoms with Gasteiger partial charge in [-0.25, -0.2) is 14.5 Å². The molecule has 0 radical (unpaired) electrons. The van der Waals surface area contributed by atoms with Gasteiger partial charge in [0.25, 0.3) is 0 Å². The van der Waals surface area contributed by atoms with Crippen molar-refractivity contribution in [1.29, 1.82) is 0 Å². The summed E-state index contributed by atoms with van der Waals surface area (Å²) in [5.74, 6) is 0.334.